The van der Waals surface area contributed by atoms with Gasteiger partial charge in [-0.2, -0.15) is 5.26 Å². The first-order chi connectivity index (χ1) is 7.92. The van der Waals surface area contributed by atoms with E-state index in [1.807, 2.05) is 6.07 Å². The molecular weight excluding hydrogens is 266 g/mol. The van der Waals surface area contributed by atoms with Crippen LogP contribution < -0.4 is 4.72 Å². The molecule has 0 aliphatic heterocycles. The van der Waals surface area contributed by atoms with Crippen molar-refractivity contribution in [3.63, 3.8) is 0 Å². The molecule has 17 heavy (non-hydrogen) atoms. The smallest absolute Gasteiger partial charge is 0.430 e. The summed E-state index contributed by atoms with van der Waals surface area (Å²) in [4.78, 5) is -0.0272. The van der Waals surface area contributed by atoms with E-state index in [-0.39, 0.29) is 9.92 Å². The van der Waals surface area contributed by atoms with Gasteiger partial charge in [0, 0.05) is 0 Å². The number of rotatable bonds is 2. The molecule has 3 N–H and O–H groups in total. The number of halogens is 1. The van der Waals surface area contributed by atoms with Crippen molar-refractivity contribution in [3.05, 3.63) is 28.8 Å². The lowest BCUT2D eigenvalue weighted by atomic mass is 10.2. The lowest BCUT2D eigenvalue weighted by molar-refractivity contribution is 0.448. The van der Waals surface area contributed by atoms with Crippen LogP contribution in [0, 0.1) is 11.3 Å². The molecule has 92 valence electrons. The molecular formula is C8H10BClN2O4S. The molecule has 0 saturated carbocycles. The first kappa shape index (κ1) is 15.9. The second kappa shape index (κ2) is 7.27. The van der Waals surface area contributed by atoms with Crippen LogP contribution in [-0.4, -0.2) is 33.2 Å². The van der Waals surface area contributed by atoms with Crippen LogP contribution in [0.25, 0.3) is 0 Å². The Balaban J connectivity index is 0.000000770. The van der Waals surface area contributed by atoms with Crippen LogP contribution in [0.15, 0.2) is 23.1 Å². The average molecular weight is 277 g/mol. The van der Waals surface area contributed by atoms with Gasteiger partial charge >= 0.3 is 7.69 Å². The van der Waals surface area contributed by atoms with E-state index in [4.69, 9.17) is 26.9 Å². The molecule has 9 heteroatoms. The zero-order chi connectivity index (χ0) is 13.5. The molecule has 0 spiro atoms. The van der Waals surface area contributed by atoms with Crippen molar-refractivity contribution in [2.45, 2.75) is 4.90 Å². The van der Waals surface area contributed by atoms with E-state index >= 15 is 0 Å². The van der Waals surface area contributed by atoms with E-state index in [1.165, 1.54) is 25.2 Å². The molecule has 0 radical (unpaired) electrons. The quantitative estimate of drug-likeness (QED) is 0.622. The predicted molar refractivity (Wildman–Crippen MR) is 64.0 cm³/mol. The van der Waals surface area contributed by atoms with Crippen molar-refractivity contribution < 1.29 is 18.5 Å². The van der Waals surface area contributed by atoms with Crippen molar-refractivity contribution in [3.8, 4) is 6.07 Å². The van der Waals surface area contributed by atoms with E-state index in [0.29, 0.717) is 5.56 Å². The summed E-state index contributed by atoms with van der Waals surface area (Å²) in [5.74, 6) is 0. The van der Waals surface area contributed by atoms with Crippen molar-refractivity contribution in [1.82, 2.24) is 4.72 Å². The van der Waals surface area contributed by atoms with E-state index < -0.39 is 17.7 Å². The molecule has 0 fully saturated rings. The fraction of sp³-hybridized carbons (Fsp3) is 0.125. The molecule has 1 rings (SSSR count). The molecule has 6 nitrogen and oxygen atoms in total. The molecule has 0 bridgehead atoms. The molecule has 0 aliphatic rings. The highest BCUT2D eigenvalue weighted by atomic mass is 35.5. The standard InChI is InChI=1S/C8H7ClN2O2S.BH3O2/c1-11-14(12,13)8-3-2-6(5-10)4-7(8)9;2-1-3/h2-4,11H,1H3;1-3H. The Morgan fingerprint density at radius 1 is 1.47 bits per heavy atom. The van der Waals surface area contributed by atoms with Crippen LogP contribution in [0.1, 0.15) is 5.56 Å². The number of nitriles is 1. The van der Waals surface area contributed by atoms with Gasteiger partial charge in [0.2, 0.25) is 10.0 Å². The molecule has 0 aromatic heterocycles. The maximum atomic E-state index is 11.3. The summed E-state index contributed by atoms with van der Waals surface area (Å²) in [5.41, 5.74) is 0.324. The number of nitrogens with one attached hydrogen (secondary N) is 1. The fourth-order valence-electron chi connectivity index (χ4n) is 0.898. The highest BCUT2D eigenvalue weighted by molar-refractivity contribution is 7.89. The normalized spacial score (nSPS) is 9.82. The maximum Gasteiger partial charge on any atom is 0.432 e. The summed E-state index contributed by atoms with van der Waals surface area (Å²) in [6, 6.07) is 5.87. The van der Waals surface area contributed by atoms with Crippen LogP contribution in [-0.2, 0) is 10.0 Å². The number of sulfonamides is 1. The summed E-state index contributed by atoms with van der Waals surface area (Å²) in [5, 5.41) is 22.8. The minimum absolute atomic E-state index is 0.0272. The zero-order valence-electron chi connectivity index (χ0n) is 8.88. The molecule has 0 heterocycles. The van der Waals surface area contributed by atoms with Gasteiger partial charge in [0.15, 0.2) is 0 Å². The lowest BCUT2D eigenvalue weighted by Gasteiger charge is -2.04. The molecule has 0 unspecified atom stereocenters. The Morgan fingerprint density at radius 2 is 2.00 bits per heavy atom. The van der Waals surface area contributed by atoms with Gasteiger partial charge in [-0.25, -0.2) is 13.1 Å². The predicted octanol–water partition coefficient (Wildman–Crippen LogP) is -0.643. The molecule has 0 atom stereocenters. The SMILES string of the molecule is CNS(=O)(=O)c1ccc(C#N)cc1Cl.OBO. The molecule has 0 saturated heterocycles. The Kier molecular flexibility index (Phi) is 6.79. The van der Waals surface area contributed by atoms with Gasteiger partial charge in [-0.05, 0) is 25.2 Å². The number of benzene rings is 1. The highest BCUT2D eigenvalue weighted by Crippen LogP contribution is 2.21. The van der Waals surface area contributed by atoms with Gasteiger partial charge < -0.3 is 10.0 Å². The van der Waals surface area contributed by atoms with Gasteiger partial charge in [-0.1, -0.05) is 11.6 Å². The Hall–Kier alpha value is -1.11. The minimum atomic E-state index is -3.55. The summed E-state index contributed by atoms with van der Waals surface area (Å²) in [6.45, 7) is 0. The molecule has 0 aliphatic carbocycles. The van der Waals surface area contributed by atoms with Crippen molar-refractivity contribution in [2.75, 3.05) is 7.05 Å². The summed E-state index contributed by atoms with van der Waals surface area (Å²) in [6.07, 6.45) is 0. The van der Waals surface area contributed by atoms with Crippen molar-refractivity contribution >= 4 is 29.3 Å². The first-order valence-corrected chi connectivity index (χ1v) is 6.14. The second-order valence-corrected chi connectivity index (χ2v) is 4.87. The fourth-order valence-corrected chi connectivity index (χ4v) is 2.17. The van der Waals surface area contributed by atoms with E-state index in [2.05, 4.69) is 4.72 Å². The number of nitrogens with zero attached hydrogens (tertiary/aromatic N) is 1. The summed E-state index contributed by atoms with van der Waals surface area (Å²) < 4.78 is 24.8. The van der Waals surface area contributed by atoms with Crippen molar-refractivity contribution in [1.29, 1.82) is 5.26 Å². The van der Waals surface area contributed by atoms with E-state index in [0.717, 1.165) is 0 Å². The monoisotopic (exact) mass is 276 g/mol. The van der Waals surface area contributed by atoms with Gasteiger partial charge in [-0.15, -0.1) is 0 Å². The minimum Gasteiger partial charge on any atom is -0.430 e. The van der Waals surface area contributed by atoms with Gasteiger partial charge in [-0.3, -0.25) is 0 Å². The molecule has 1 aromatic carbocycles. The maximum absolute atomic E-state index is 11.3. The van der Waals surface area contributed by atoms with Crippen LogP contribution in [0.4, 0.5) is 0 Å². The topological polar surface area (TPSA) is 110 Å². The number of hydrogen-bond donors (Lipinski definition) is 3. The summed E-state index contributed by atoms with van der Waals surface area (Å²) in [7, 11) is -3.00. The second-order valence-electron chi connectivity index (χ2n) is 2.61. The Bertz CT molecular complexity index is 515. The largest absolute Gasteiger partial charge is 0.432 e. The molecule has 1 aromatic rings. The average Bonchev–Trinajstić information content (AvgIpc) is 2.29. The third-order valence-corrected chi connectivity index (χ3v) is 3.52. The Labute approximate surface area is 105 Å². The number of hydrogen-bond acceptors (Lipinski definition) is 5. The van der Waals surface area contributed by atoms with Crippen LogP contribution in [0.3, 0.4) is 0 Å². The summed E-state index contributed by atoms with van der Waals surface area (Å²) >= 11 is 5.70. The van der Waals surface area contributed by atoms with Crippen LogP contribution in [0.5, 0.6) is 0 Å². The van der Waals surface area contributed by atoms with E-state index in [9.17, 15) is 8.42 Å². The lowest BCUT2D eigenvalue weighted by Crippen LogP contribution is -2.18. The third-order valence-electron chi connectivity index (χ3n) is 1.62. The zero-order valence-corrected chi connectivity index (χ0v) is 10.5. The van der Waals surface area contributed by atoms with Crippen molar-refractivity contribution in [2.24, 2.45) is 0 Å². The highest BCUT2D eigenvalue weighted by Gasteiger charge is 2.15. The van der Waals surface area contributed by atoms with Gasteiger partial charge in [0.25, 0.3) is 0 Å². The van der Waals surface area contributed by atoms with Crippen LogP contribution in [0.2, 0.25) is 5.02 Å². The first-order valence-electron chi connectivity index (χ1n) is 4.27. The van der Waals surface area contributed by atoms with Crippen LogP contribution >= 0.6 is 11.6 Å². The third kappa shape index (κ3) is 4.72. The molecule has 0 amide bonds. The van der Waals surface area contributed by atoms with E-state index in [1.54, 1.807) is 0 Å². The van der Waals surface area contributed by atoms with Gasteiger partial charge in [0.1, 0.15) is 4.90 Å². The Morgan fingerprint density at radius 3 is 2.35 bits per heavy atom. The van der Waals surface area contributed by atoms with Gasteiger partial charge in [0.05, 0.1) is 16.7 Å².